The van der Waals surface area contributed by atoms with Crippen LogP contribution in [0, 0.1) is 0 Å². The van der Waals surface area contributed by atoms with Gasteiger partial charge in [0.05, 0.1) is 5.56 Å². The molecule has 0 spiro atoms. The predicted octanol–water partition coefficient (Wildman–Crippen LogP) is 2.08. The summed E-state index contributed by atoms with van der Waals surface area (Å²) < 4.78 is 0. The number of nitrogens with one attached hydrogen (secondary N) is 1. The summed E-state index contributed by atoms with van der Waals surface area (Å²) in [5, 5.41) is 5.24. The first kappa shape index (κ1) is 13.5. The van der Waals surface area contributed by atoms with Gasteiger partial charge in [-0.15, -0.1) is 11.3 Å². The molecule has 90 valence electrons. The van der Waals surface area contributed by atoms with Crippen LogP contribution in [0.3, 0.4) is 0 Å². The van der Waals surface area contributed by atoms with Crippen molar-refractivity contribution in [3.8, 4) is 0 Å². The van der Waals surface area contributed by atoms with Gasteiger partial charge in [0.1, 0.15) is 0 Å². The second kappa shape index (κ2) is 6.93. The van der Waals surface area contributed by atoms with Gasteiger partial charge >= 0.3 is 0 Å². The van der Waals surface area contributed by atoms with Crippen LogP contribution < -0.4 is 11.1 Å². The number of primary amides is 1. The summed E-state index contributed by atoms with van der Waals surface area (Å²) in [5.41, 5.74) is 5.80. The first-order valence-electron chi connectivity index (χ1n) is 5.23. The maximum atomic E-state index is 10.9. The SMILES string of the molecule is CSCCC(C)NCc1cc(C(N)=O)cs1. The minimum atomic E-state index is -0.349. The standard InChI is InChI=1S/C11H18N2OS2/c1-8(3-4-15-2)13-6-10-5-9(7-16-10)11(12)14/h5,7-8,13H,3-4,6H2,1-2H3,(H2,12,14). The minimum absolute atomic E-state index is 0.349. The molecule has 0 aromatic carbocycles. The molecule has 1 aromatic rings. The highest BCUT2D eigenvalue weighted by Crippen LogP contribution is 2.14. The zero-order chi connectivity index (χ0) is 12.0. The average molecular weight is 258 g/mol. The van der Waals surface area contributed by atoms with E-state index in [1.54, 1.807) is 11.3 Å². The normalized spacial score (nSPS) is 12.6. The highest BCUT2D eigenvalue weighted by Gasteiger charge is 2.06. The summed E-state index contributed by atoms with van der Waals surface area (Å²) in [6.45, 7) is 2.99. The Bertz CT molecular complexity index is 338. The van der Waals surface area contributed by atoms with Gasteiger partial charge in [0.2, 0.25) is 5.91 Å². The van der Waals surface area contributed by atoms with Crippen molar-refractivity contribution in [1.82, 2.24) is 5.32 Å². The fourth-order valence-electron chi connectivity index (χ4n) is 1.27. The molecule has 0 radical (unpaired) electrons. The van der Waals surface area contributed by atoms with Crippen LogP contribution in [0.5, 0.6) is 0 Å². The largest absolute Gasteiger partial charge is 0.366 e. The van der Waals surface area contributed by atoms with Crippen LogP contribution in [0.15, 0.2) is 11.4 Å². The lowest BCUT2D eigenvalue weighted by Crippen LogP contribution is -2.25. The molecular weight excluding hydrogens is 240 g/mol. The van der Waals surface area contributed by atoms with Crippen LogP contribution >= 0.6 is 23.1 Å². The van der Waals surface area contributed by atoms with E-state index in [4.69, 9.17) is 5.73 Å². The molecular formula is C11H18N2OS2. The molecule has 1 amide bonds. The summed E-state index contributed by atoms with van der Waals surface area (Å²) in [4.78, 5) is 12.1. The molecule has 5 heteroatoms. The first-order valence-corrected chi connectivity index (χ1v) is 7.50. The Balaban J connectivity index is 2.33. The van der Waals surface area contributed by atoms with E-state index in [0.29, 0.717) is 11.6 Å². The molecule has 0 fully saturated rings. The van der Waals surface area contributed by atoms with E-state index in [2.05, 4.69) is 18.5 Å². The highest BCUT2D eigenvalue weighted by molar-refractivity contribution is 7.98. The van der Waals surface area contributed by atoms with Crippen molar-refractivity contribution in [3.05, 3.63) is 21.9 Å². The van der Waals surface area contributed by atoms with Crippen molar-refractivity contribution >= 4 is 29.0 Å². The van der Waals surface area contributed by atoms with Gasteiger partial charge in [0.25, 0.3) is 0 Å². The van der Waals surface area contributed by atoms with Gasteiger partial charge in [-0.2, -0.15) is 11.8 Å². The molecule has 1 atom stereocenters. The lowest BCUT2D eigenvalue weighted by Gasteiger charge is -2.11. The third-order valence-electron chi connectivity index (χ3n) is 2.32. The van der Waals surface area contributed by atoms with Crippen LogP contribution in [-0.4, -0.2) is 24.0 Å². The molecule has 1 rings (SSSR count). The topological polar surface area (TPSA) is 55.1 Å². The maximum Gasteiger partial charge on any atom is 0.249 e. The van der Waals surface area contributed by atoms with Crippen LogP contribution in [0.2, 0.25) is 0 Å². The molecule has 0 saturated heterocycles. The van der Waals surface area contributed by atoms with E-state index in [9.17, 15) is 4.79 Å². The third kappa shape index (κ3) is 4.55. The molecule has 0 saturated carbocycles. The molecule has 0 aliphatic heterocycles. The maximum absolute atomic E-state index is 10.9. The van der Waals surface area contributed by atoms with Crippen LogP contribution in [0.25, 0.3) is 0 Å². The van der Waals surface area contributed by atoms with E-state index in [1.165, 1.54) is 5.75 Å². The van der Waals surface area contributed by atoms with Gasteiger partial charge in [0, 0.05) is 22.8 Å². The first-order chi connectivity index (χ1) is 7.63. The van der Waals surface area contributed by atoms with Crippen LogP contribution in [0.4, 0.5) is 0 Å². The van der Waals surface area contributed by atoms with Crippen molar-refractivity contribution in [2.24, 2.45) is 5.73 Å². The number of rotatable bonds is 7. The lowest BCUT2D eigenvalue weighted by molar-refractivity contribution is 0.100. The fraction of sp³-hybridized carbons (Fsp3) is 0.545. The quantitative estimate of drug-likeness (QED) is 0.787. The van der Waals surface area contributed by atoms with E-state index >= 15 is 0 Å². The molecule has 0 bridgehead atoms. The van der Waals surface area contributed by atoms with Gasteiger partial charge in [-0.3, -0.25) is 4.79 Å². The van der Waals surface area contributed by atoms with Gasteiger partial charge in [-0.05, 0) is 31.4 Å². The number of hydrogen-bond donors (Lipinski definition) is 2. The summed E-state index contributed by atoms with van der Waals surface area (Å²) in [6.07, 6.45) is 3.28. The van der Waals surface area contributed by atoms with Gasteiger partial charge < -0.3 is 11.1 Å². The van der Waals surface area contributed by atoms with E-state index in [0.717, 1.165) is 17.8 Å². The van der Waals surface area contributed by atoms with Gasteiger partial charge in [0.15, 0.2) is 0 Å². The Morgan fingerprint density at radius 2 is 2.44 bits per heavy atom. The van der Waals surface area contributed by atoms with Gasteiger partial charge in [-0.25, -0.2) is 0 Å². The van der Waals surface area contributed by atoms with Crippen molar-refractivity contribution in [2.45, 2.75) is 25.9 Å². The Morgan fingerprint density at radius 3 is 3.00 bits per heavy atom. The van der Waals surface area contributed by atoms with Crippen LogP contribution in [0.1, 0.15) is 28.6 Å². The van der Waals surface area contributed by atoms with Gasteiger partial charge in [-0.1, -0.05) is 0 Å². The second-order valence-corrected chi connectivity index (χ2v) is 5.71. The summed E-state index contributed by atoms with van der Waals surface area (Å²) in [7, 11) is 0. The number of thioether (sulfide) groups is 1. The van der Waals surface area contributed by atoms with Crippen molar-refractivity contribution < 1.29 is 4.79 Å². The van der Waals surface area contributed by atoms with Crippen LogP contribution in [-0.2, 0) is 6.54 Å². The van der Waals surface area contributed by atoms with E-state index in [-0.39, 0.29) is 5.91 Å². The Labute approximate surface area is 105 Å². The molecule has 3 nitrogen and oxygen atoms in total. The molecule has 16 heavy (non-hydrogen) atoms. The van der Waals surface area contributed by atoms with Crippen molar-refractivity contribution in [2.75, 3.05) is 12.0 Å². The Hall–Kier alpha value is -0.520. The number of amides is 1. The molecule has 0 aliphatic rings. The minimum Gasteiger partial charge on any atom is -0.366 e. The fourth-order valence-corrected chi connectivity index (χ4v) is 2.69. The van der Waals surface area contributed by atoms with E-state index in [1.807, 2.05) is 23.2 Å². The van der Waals surface area contributed by atoms with Crippen molar-refractivity contribution in [1.29, 1.82) is 0 Å². The van der Waals surface area contributed by atoms with Crippen molar-refractivity contribution in [3.63, 3.8) is 0 Å². The smallest absolute Gasteiger partial charge is 0.249 e. The molecule has 1 heterocycles. The molecule has 0 aliphatic carbocycles. The second-order valence-electron chi connectivity index (χ2n) is 3.73. The third-order valence-corrected chi connectivity index (χ3v) is 3.90. The Morgan fingerprint density at radius 1 is 1.69 bits per heavy atom. The summed E-state index contributed by atoms with van der Waals surface area (Å²) >= 11 is 3.44. The number of thiophene rings is 1. The number of carbonyl (C=O) groups is 1. The Kier molecular flexibility index (Phi) is 5.87. The molecule has 1 aromatic heterocycles. The van der Waals surface area contributed by atoms with E-state index < -0.39 is 0 Å². The molecule has 3 N–H and O–H groups in total. The zero-order valence-electron chi connectivity index (χ0n) is 9.66. The predicted molar refractivity (Wildman–Crippen MR) is 72.1 cm³/mol. The highest BCUT2D eigenvalue weighted by atomic mass is 32.2. The zero-order valence-corrected chi connectivity index (χ0v) is 11.3. The average Bonchev–Trinajstić information content (AvgIpc) is 2.72. The summed E-state index contributed by atoms with van der Waals surface area (Å²) in [5.74, 6) is 0.823. The number of hydrogen-bond acceptors (Lipinski definition) is 4. The number of nitrogens with two attached hydrogens (primary N) is 1. The molecule has 1 unspecified atom stereocenters. The monoisotopic (exact) mass is 258 g/mol. The lowest BCUT2D eigenvalue weighted by atomic mass is 10.2. The summed E-state index contributed by atoms with van der Waals surface area (Å²) in [6, 6.07) is 2.37. The number of carbonyl (C=O) groups excluding carboxylic acids is 1.